The molecule has 2 unspecified atom stereocenters. The van der Waals surface area contributed by atoms with Gasteiger partial charge in [-0.1, -0.05) is 53.3 Å². The molecule has 0 radical (unpaired) electrons. The lowest BCUT2D eigenvalue weighted by Gasteiger charge is -2.29. The Morgan fingerprint density at radius 3 is 2.15 bits per heavy atom. The lowest BCUT2D eigenvalue weighted by Crippen LogP contribution is -2.41. The van der Waals surface area contributed by atoms with Gasteiger partial charge in [-0.05, 0) is 0 Å². The third-order valence-corrected chi connectivity index (χ3v) is 5.75. The van der Waals surface area contributed by atoms with E-state index in [2.05, 4.69) is 0 Å². The van der Waals surface area contributed by atoms with E-state index in [9.17, 15) is 0 Å². The Morgan fingerprint density at radius 1 is 1.31 bits per heavy atom. The molecule has 0 spiro atoms. The molecule has 2 bridgehead atoms. The Labute approximate surface area is 102 Å². The summed E-state index contributed by atoms with van der Waals surface area (Å²) in [7, 11) is 0. The molecule has 0 aromatic carbocycles. The third-order valence-electron chi connectivity index (χ3n) is 2.65. The first-order valence-corrected chi connectivity index (χ1v) is 5.62. The van der Waals surface area contributed by atoms with Crippen LogP contribution in [0.5, 0.6) is 0 Å². The highest BCUT2D eigenvalue weighted by molar-refractivity contribution is 6.59. The van der Waals surface area contributed by atoms with E-state index in [1.54, 1.807) is 4.90 Å². The summed E-state index contributed by atoms with van der Waals surface area (Å²) in [6, 6.07) is 0. The average Bonchev–Trinajstić information content (AvgIpc) is 2.28. The zero-order valence-corrected chi connectivity index (χ0v) is 10.4. The van der Waals surface area contributed by atoms with E-state index >= 15 is 0 Å². The van der Waals surface area contributed by atoms with Gasteiger partial charge in [0.1, 0.15) is 10.0 Å². The summed E-state index contributed by atoms with van der Waals surface area (Å²) in [5, 5.41) is 0.708. The van der Waals surface area contributed by atoms with E-state index in [-0.39, 0.29) is 5.92 Å². The SMILES string of the molecule is CC1CN2C(Cl)=C(Cl)C1(Cl)C2(Cl)Cl. The van der Waals surface area contributed by atoms with Crippen LogP contribution in [0.2, 0.25) is 0 Å². The van der Waals surface area contributed by atoms with Crippen LogP contribution in [0.25, 0.3) is 0 Å². The third kappa shape index (κ3) is 0.981. The molecule has 1 nitrogen and oxygen atoms in total. The molecule has 1 saturated heterocycles. The van der Waals surface area contributed by atoms with Crippen molar-refractivity contribution in [2.45, 2.75) is 16.3 Å². The molecule has 2 aliphatic heterocycles. The van der Waals surface area contributed by atoms with Crippen molar-refractivity contribution in [1.82, 2.24) is 4.90 Å². The second-order valence-electron chi connectivity index (χ2n) is 3.37. The Balaban J connectivity index is 2.60. The van der Waals surface area contributed by atoms with Crippen molar-refractivity contribution in [3.05, 3.63) is 10.2 Å². The highest BCUT2D eigenvalue weighted by Gasteiger charge is 2.69. The van der Waals surface area contributed by atoms with Crippen molar-refractivity contribution in [3.8, 4) is 0 Å². The minimum atomic E-state index is -1.22. The van der Waals surface area contributed by atoms with Crippen molar-refractivity contribution in [3.63, 3.8) is 0 Å². The van der Waals surface area contributed by atoms with E-state index in [4.69, 9.17) is 58.0 Å². The van der Waals surface area contributed by atoms with Gasteiger partial charge in [-0.2, -0.15) is 0 Å². The number of hydrogen-bond acceptors (Lipinski definition) is 1. The van der Waals surface area contributed by atoms with Gasteiger partial charge in [0.15, 0.2) is 0 Å². The molecule has 74 valence electrons. The standard InChI is InChI=1S/C7H6Cl5N/c1-3-2-13-5(9)4(8)6(3,10)7(13,11)12/h3H,2H2,1H3. The first kappa shape index (κ1) is 10.5. The minimum absolute atomic E-state index is 0.0826. The van der Waals surface area contributed by atoms with E-state index in [0.29, 0.717) is 16.7 Å². The van der Waals surface area contributed by atoms with Crippen LogP contribution >= 0.6 is 58.0 Å². The molecule has 13 heavy (non-hydrogen) atoms. The fourth-order valence-corrected chi connectivity index (χ4v) is 3.96. The van der Waals surface area contributed by atoms with Crippen molar-refractivity contribution >= 4 is 58.0 Å². The van der Waals surface area contributed by atoms with Gasteiger partial charge >= 0.3 is 0 Å². The van der Waals surface area contributed by atoms with Crippen LogP contribution in [0.1, 0.15) is 6.92 Å². The van der Waals surface area contributed by atoms with Crippen molar-refractivity contribution in [1.29, 1.82) is 0 Å². The lowest BCUT2D eigenvalue weighted by molar-refractivity contribution is 0.389. The molecule has 0 aliphatic carbocycles. The average molecular weight is 281 g/mol. The zero-order valence-electron chi connectivity index (χ0n) is 6.62. The van der Waals surface area contributed by atoms with Gasteiger partial charge in [0.25, 0.3) is 0 Å². The normalized spacial score (nSPS) is 42.0. The monoisotopic (exact) mass is 279 g/mol. The summed E-state index contributed by atoms with van der Waals surface area (Å²) in [6.45, 7) is 2.57. The van der Waals surface area contributed by atoms with E-state index < -0.39 is 9.33 Å². The number of rotatable bonds is 0. The highest BCUT2D eigenvalue weighted by Crippen LogP contribution is 2.64. The van der Waals surface area contributed by atoms with Crippen LogP contribution in [-0.2, 0) is 0 Å². The first-order valence-electron chi connectivity index (χ1n) is 3.73. The molecule has 0 amide bonds. The second kappa shape index (κ2) is 2.76. The van der Waals surface area contributed by atoms with Crippen LogP contribution in [0.4, 0.5) is 0 Å². The highest BCUT2D eigenvalue weighted by atomic mass is 35.5. The summed E-state index contributed by atoms with van der Waals surface area (Å²) < 4.78 is -1.22. The molecule has 0 N–H and O–H groups in total. The van der Waals surface area contributed by atoms with Gasteiger partial charge < -0.3 is 4.90 Å². The van der Waals surface area contributed by atoms with Crippen molar-refractivity contribution in [2.75, 3.05) is 6.54 Å². The number of fused-ring (bicyclic) bond motifs is 2. The van der Waals surface area contributed by atoms with Crippen LogP contribution in [0.3, 0.4) is 0 Å². The Bertz CT molecular complexity index is 299. The Morgan fingerprint density at radius 2 is 1.85 bits per heavy atom. The summed E-state index contributed by atoms with van der Waals surface area (Å²) in [6.07, 6.45) is 0. The Kier molecular flexibility index (Phi) is 2.23. The van der Waals surface area contributed by atoms with Crippen LogP contribution in [0, 0.1) is 5.92 Å². The van der Waals surface area contributed by atoms with Gasteiger partial charge in [-0.3, -0.25) is 0 Å². The molecular weight excluding hydrogens is 275 g/mol. The predicted molar refractivity (Wildman–Crippen MR) is 57.6 cm³/mol. The first-order chi connectivity index (χ1) is 5.83. The summed E-state index contributed by atoms with van der Waals surface area (Å²) in [5.74, 6) is 0.0826. The van der Waals surface area contributed by atoms with Crippen molar-refractivity contribution < 1.29 is 0 Å². The maximum absolute atomic E-state index is 6.30. The number of alkyl halides is 3. The molecule has 0 saturated carbocycles. The van der Waals surface area contributed by atoms with Crippen LogP contribution in [-0.4, -0.2) is 20.8 Å². The van der Waals surface area contributed by atoms with Gasteiger partial charge in [0.05, 0.1) is 5.03 Å². The topological polar surface area (TPSA) is 3.24 Å². The molecule has 6 heteroatoms. The van der Waals surface area contributed by atoms with Crippen LogP contribution in [0.15, 0.2) is 10.2 Å². The smallest absolute Gasteiger partial charge is 0.215 e. The van der Waals surface area contributed by atoms with Crippen LogP contribution < -0.4 is 0 Å². The fourth-order valence-electron chi connectivity index (χ4n) is 1.83. The summed E-state index contributed by atoms with van der Waals surface area (Å²) >= 11 is 30.4. The molecule has 0 aromatic rings. The number of halogens is 5. The molecule has 2 heterocycles. The van der Waals surface area contributed by atoms with E-state index in [0.717, 1.165) is 0 Å². The number of hydrogen-bond donors (Lipinski definition) is 0. The maximum Gasteiger partial charge on any atom is 0.215 e. The van der Waals surface area contributed by atoms with E-state index in [1.165, 1.54) is 0 Å². The van der Waals surface area contributed by atoms with Gasteiger partial charge in [0.2, 0.25) is 4.46 Å². The summed E-state index contributed by atoms with van der Waals surface area (Å²) in [4.78, 5) is 0.659. The Hall–Kier alpha value is 0.990. The van der Waals surface area contributed by atoms with E-state index in [1.807, 2.05) is 6.92 Å². The number of nitrogens with zero attached hydrogens (tertiary/aromatic N) is 1. The van der Waals surface area contributed by atoms with Crippen molar-refractivity contribution in [2.24, 2.45) is 5.92 Å². The quantitative estimate of drug-likeness (QED) is 0.483. The van der Waals surface area contributed by atoms with Gasteiger partial charge in [-0.15, -0.1) is 11.6 Å². The molecule has 2 aliphatic rings. The molecule has 1 fully saturated rings. The van der Waals surface area contributed by atoms with Gasteiger partial charge in [0, 0.05) is 12.5 Å². The minimum Gasteiger partial charge on any atom is -0.328 e. The lowest BCUT2D eigenvalue weighted by atomic mass is 9.96. The molecule has 2 atom stereocenters. The molecular formula is C7H6Cl5N. The predicted octanol–water partition coefficient (Wildman–Crippen LogP) is 3.71. The molecule has 0 aromatic heterocycles. The fraction of sp³-hybridized carbons (Fsp3) is 0.714. The summed E-state index contributed by atoms with van der Waals surface area (Å²) in [5.41, 5.74) is 0. The zero-order chi connectivity index (χ0) is 10.0. The maximum atomic E-state index is 6.30. The molecule has 2 rings (SSSR count). The largest absolute Gasteiger partial charge is 0.328 e. The second-order valence-corrected chi connectivity index (χ2v) is 5.99. The van der Waals surface area contributed by atoms with Gasteiger partial charge in [-0.25, -0.2) is 0 Å².